The number of ether oxygens (including phenoxy) is 1. The van der Waals surface area contributed by atoms with E-state index in [0.29, 0.717) is 17.8 Å². The van der Waals surface area contributed by atoms with Crippen LogP contribution in [0.2, 0.25) is 0 Å². The quantitative estimate of drug-likeness (QED) is 0.768. The van der Waals surface area contributed by atoms with Crippen LogP contribution in [0, 0.1) is 0 Å². The number of benzene rings is 1. The largest absolute Gasteiger partial charge is 0.496 e. The lowest BCUT2D eigenvalue weighted by molar-refractivity contribution is -0.124. The molecule has 1 amide bonds. The molecule has 1 atom stereocenters. The zero-order valence-electron chi connectivity index (χ0n) is 13.5. The summed E-state index contributed by atoms with van der Waals surface area (Å²) in [6.07, 6.45) is 3.25. The molecule has 0 fully saturated rings. The lowest BCUT2D eigenvalue weighted by atomic mass is 10.2. The molecule has 0 aliphatic rings. The number of nitrogens with zero attached hydrogens (tertiary/aromatic N) is 3. The second kappa shape index (κ2) is 6.57. The number of aromatic nitrogens is 3. The van der Waals surface area contributed by atoms with Crippen molar-refractivity contribution in [2.75, 3.05) is 7.11 Å². The van der Waals surface area contributed by atoms with Crippen LogP contribution >= 0.6 is 0 Å². The molecule has 1 N–H and O–H groups in total. The average Bonchev–Trinajstić information content (AvgIpc) is 3.09. The minimum atomic E-state index is -0.716. The molecule has 0 bridgehead atoms. The van der Waals surface area contributed by atoms with Crippen molar-refractivity contribution in [2.24, 2.45) is 0 Å². The molecule has 0 aliphatic carbocycles. The van der Waals surface area contributed by atoms with Crippen molar-refractivity contribution in [3.8, 4) is 5.75 Å². The van der Waals surface area contributed by atoms with Crippen molar-refractivity contribution in [3.63, 3.8) is 0 Å². The van der Waals surface area contributed by atoms with Gasteiger partial charge in [-0.15, -0.1) is 0 Å². The van der Waals surface area contributed by atoms with Gasteiger partial charge >= 0.3 is 0 Å². The minimum absolute atomic E-state index is 0.286. The van der Waals surface area contributed by atoms with E-state index in [1.165, 1.54) is 11.0 Å². The highest BCUT2D eigenvalue weighted by atomic mass is 16.5. The Hall–Kier alpha value is -3.09. The van der Waals surface area contributed by atoms with Gasteiger partial charge in [0.05, 0.1) is 7.11 Å². The molecule has 124 valence electrons. The number of rotatable bonds is 5. The van der Waals surface area contributed by atoms with Crippen LogP contribution in [0.25, 0.3) is 5.52 Å². The topological polar surface area (TPSA) is 77.6 Å². The molecule has 0 saturated carbocycles. The van der Waals surface area contributed by atoms with Crippen LogP contribution in [-0.2, 0) is 11.3 Å². The van der Waals surface area contributed by atoms with Crippen LogP contribution in [0.5, 0.6) is 5.75 Å². The summed E-state index contributed by atoms with van der Waals surface area (Å²) in [7, 11) is 1.58. The van der Waals surface area contributed by atoms with Gasteiger partial charge in [0.1, 0.15) is 23.6 Å². The Labute approximate surface area is 138 Å². The van der Waals surface area contributed by atoms with Crippen molar-refractivity contribution in [2.45, 2.75) is 19.5 Å². The first-order valence-electron chi connectivity index (χ1n) is 7.56. The highest BCUT2D eigenvalue weighted by Gasteiger charge is 2.18. The van der Waals surface area contributed by atoms with Gasteiger partial charge in [-0.05, 0) is 25.1 Å². The molecule has 0 saturated heterocycles. The third-order valence-corrected chi connectivity index (χ3v) is 3.90. The van der Waals surface area contributed by atoms with Gasteiger partial charge in [0.25, 0.3) is 5.56 Å². The van der Waals surface area contributed by atoms with Crippen LogP contribution in [0.4, 0.5) is 0 Å². The Bertz CT molecular complexity index is 929. The predicted octanol–water partition coefficient (Wildman–Crippen LogP) is 1.38. The van der Waals surface area contributed by atoms with E-state index in [1.54, 1.807) is 36.8 Å². The number of carbonyl (C=O) groups is 1. The van der Waals surface area contributed by atoms with E-state index < -0.39 is 6.04 Å². The summed E-state index contributed by atoms with van der Waals surface area (Å²) < 4.78 is 8.07. The van der Waals surface area contributed by atoms with Crippen LogP contribution in [0.15, 0.2) is 53.7 Å². The van der Waals surface area contributed by atoms with Gasteiger partial charge in [0, 0.05) is 18.3 Å². The number of hydrogen-bond acceptors (Lipinski definition) is 4. The summed E-state index contributed by atoms with van der Waals surface area (Å²) in [6, 6.07) is 10.2. The summed E-state index contributed by atoms with van der Waals surface area (Å²) in [5, 5.41) is 6.89. The van der Waals surface area contributed by atoms with E-state index in [9.17, 15) is 9.59 Å². The molecule has 24 heavy (non-hydrogen) atoms. The summed E-state index contributed by atoms with van der Waals surface area (Å²) in [5.74, 6) is 0.418. The molecule has 3 rings (SSSR count). The van der Waals surface area contributed by atoms with Gasteiger partial charge in [0.2, 0.25) is 5.91 Å². The predicted molar refractivity (Wildman–Crippen MR) is 89.0 cm³/mol. The van der Waals surface area contributed by atoms with Crippen molar-refractivity contribution in [3.05, 3.63) is 64.8 Å². The third kappa shape index (κ3) is 2.88. The number of carbonyl (C=O) groups excluding carboxylic acids is 1. The fourth-order valence-electron chi connectivity index (χ4n) is 2.52. The Morgan fingerprint density at radius 1 is 1.29 bits per heavy atom. The monoisotopic (exact) mass is 326 g/mol. The summed E-state index contributed by atoms with van der Waals surface area (Å²) in [4.78, 5) is 24.8. The molecule has 0 spiro atoms. The second-order valence-corrected chi connectivity index (χ2v) is 5.39. The maximum atomic E-state index is 12.4. The van der Waals surface area contributed by atoms with Crippen LogP contribution in [-0.4, -0.2) is 27.2 Å². The number of fused-ring (bicyclic) bond motifs is 1. The van der Waals surface area contributed by atoms with E-state index in [-0.39, 0.29) is 11.5 Å². The molecule has 2 heterocycles. The Morgan fingerprint density at radius 2 is 2.08 bits per heavy atom. The van der Waals surface area contributed by atoms with Gasteiger partial charge < -0.3 is 14.5 Å². The zero-order chi connectivity index (χ0) is 17.1. The maximum absolute atomic E-state index is 12.4. The first-order valence-corrected chi connectivity index (χ1v) is 7.56. The van der Waals surface area contributed by atoms with Crippen LogP contribution in [0.3, 0.4) is 0 Å². The lowest BCUT2D eigenvalue weighted by Gasteiger charge is -2.15. The third-order valence-electron chi connectivity index (χ3n) is 3.90. The lowest BCUT2D eigenvalue weighted by Crippen LogP contribution is -2.37. The van der Waals surface area contributed by atoms with E-state index in [4.69, 9.17) is 4.74 Å². The van der Waals surface area contributed by atoms with Gasteiger partial charge in [-0.1, -0.05) is 18.2 Å². The van der Waals surface area contributed by atoms with E-state index in [1.807, 2.05) is 24.3 Å². The molecule has 7 heteroatoms. The number of para-hydroxylation sites is 1. The van der Waals surface area contributed by atoms with Crippen LogP contribution < -0.4 is 15.6 Å². The smallest absolute Gasteiger partial charge is 0.291 e. The molecule has 3 aromatic rings. The summed E-state index contributed by atoms with van der Waals surface area (Å²) in [6.45, 7) is 1.96. The molecule has 0 radical (unpaired) electrons. The highest BCUT2D eigenvalue weighted by Crippen LogP contribution is 2.17. The standard InChI is InChI=1S/C17H18N4O3/c1-12(21-17(23)14-7-5-9-20(14)11-19-21)16(22)18-10-13-6-3-4-8-15(13)24-2/h3-9,11-12H,10H2,1-2H3,(H,18,22). The number of nitrogens with one attached hydrogen (secondary N) is 1. The molecule has 2 aromatic heterocycles. The van der Waals surface area contributed by atoms with Crippen molar-refractivity contribution < 1.29 is 9.53 Å². The fraction of sp³-hybridized carbons (Fsp3) is 0.235. The second-order valence-electron chi connectivity index (χ2n) is 5.39. The first kappa shape index (κ1) is 15.8. The van der Waals surface area contributed by atoms with E-state index in [2.05, 4.69) is 10.4 Å². The number of hydrogen-bond donors (Lipinski definition) is 1. The van der Waals surface area contributed by atoms with Gasteiger partial charge in [-0.3, -0.25) is 9.59 Å². The van der Waals surface area contributed by atoms with Crippen molar-refractivity contribution in [1.82, 2.24) is 19.5 Å². The van der Waals surface area contributed by atoms with Gasteiger partial charge in [-0.25, -0.2) is 4.68 Å². The highest BCUT2D eigenvalue weighted by molar-refractivity contribution is 5.79. The first-order chi connectivity index (χ1) is 11.6. The minimum Gasteiger partial charge on any atom is -0.496 e. The fourth-order valence-corrected chi connectivity index (χ4v) is 2.52. The SMILES string of the molecule is COc1ccccc1CNC(=O)C(C)n1ncn2cccc2c1=O. The average molecular weight is 326 g/mol. The maximum Gasteiger partial charge on any atom is 0.291 e. The summed E-state index contributed by atoms with van der Waals surface area (Å²) >= 11 is 0. The zero-order valence-corrected chi connectivity index (χ0v) is 13.5. The molecule has 7 nitrogen and oxygen atoms in total. The summed E-state index contributed by atoms with van der Waals surface area (Å²) in [5.41, 5.74) is 1.04. The van der Waals surface area contributed by atoms with Crippen molar-refractivity contribution >= 4 is 11.4 Å². The van der Waals surface area contributed by atoms with E-state index >= 15 is 0 Å². The molecular weight excluding hydrogens is 308 g/mol. The molecule has 0 aliphatic heterocycles. The van der Waals surface area contributed by atoms with Gasteiger partial charge in [-0.2, -0.15) is 5.10 Å². The number of amides is 1. The number of methoxy groups -OCH3 is 1. The van der Waals surface area contributed by atoms with Crippen molar-refractivity contribution in [1.29, 1.82) is 0 Å². The molecule has 1 unspecified atom stereocenters. The molecule has 1 aromatic carbocycles. The van der Waals surface area contributed by atoms with E-state index in [0.717, 1.165) is 5.56 Å². The molecular formula is C17H18N4O3. The van der Waals surface area contributed by atoms with Crippen LogP contribution in [0.1, 0.15) is 18.5 Å². The normalized spacial score (nSPS) is 12.1. The Balaban J connectivity index is 1.76. The Kier molecular flexibility index (Phi) is 4.33. The van der Waals surface area contributed by atoms with Gasteiger partial charge in [0.15, 0.2) is 0 Å². The Morgan fingerprint density at radius 3 is 2.88 bits per heavy atom.